The minimum absolute atomic E-state index is 0.0448. The van der Waals surface area contributed by atoms with Crippen molar-refractivity contribution < 1.29 is 35.9 Å². The van der Waals surface area contributed by atoms with E-state index >= 15 is 0 Å². The van der Waals surface area contributed by atoms with Crippen molar-refractivity contribution in [3.63, 3.8) is 0 Å². The second-order valence-corrected chi connectivity index (χ2v) is 12.3. The van der Waals surface area contributed by atoms with Gasteiger partial charge in [-0.3, -0.25) is 9.59 Å². The highest BCUT2D eigenvalue weighted by Crippen LogP contribution is 2.31. The first kappa shape index (κ1) is 29.1. The summed E-state index contributed by atoms with van der Waals surface area (Å²) in [7, 11) is -3.11. The number of ether oxygens (including phenoxy) is 1. The Bertz CT molecular complexity index is 997. The molecule has 1 aromatic rings. The number of hydrogen-bond donors (Lipinski definition) is 2. The summed E-state index contributed by atoms with van der Waals surface area (Å²) in [6, 6.07) is 5.02. The molecule has 208 valence electrons. The minimum atomic E-state index is -4.75. The Balaban J connectivity index is 1.54. The van der Waals surface area contributed by atoms with Gasteiger partial charge in [-0.1, -0.05) is 32.1 Å². The van der Waals surface area contributed by atoms with Gasteiger partial charge < -0.3 is 20.3 Å². The number of amides is 2. The predicted molar refractivity (Wildman–Crippen MR) is 134 cm³/mol. The summed E-state index contributed by atoms with van der Waals surface area (Å²) < 4.78 is 64.2. The first-order chi connectivity index (χ1) is 17.4. The molecule has 37 heavy (non-hydrogen) atoms. The standard InChI is InChI=1S/C25H36F3N3O5S/c1-18(17-29-21-7-9-22(10-8-21)36-25(26,27)28)30-24(33)20(15-19-5-3-2-4-6-19)16-23(32)31-11-13-37(34,35)14-12-31/h7-10,18-20,29H,2-6,11-17H2,1H3,(H,30,33)/t18-,20+/m0/s1. The molecular weight excluding hydrogens is 511 g/mol. The molecule has 8 nitrogen and oxygen atoms in total. The Morgan fingerprint density at radius 2 is 1.70 bits per heavy atom. The van der Waals surface area contributed by atoms with Crippen LogP contribution in [0.1, 0.15) is 51.9 Å². The molecule has 2 atom stereocenters. The van der Waals surface area contributed by atoms with Crippen LogP contribution in [0.5, 0.6) is 5.75 Å². The summed E-state index contributed by atoms with van der Waals surface area (Å²) in [5.74, 6) is -0.958. The van der Waals surface area contributed by atoms with E-state index in [9.17, 15) is 31.2 Å². The fourth-order valence-electron chi connectivity index (χ4n) is 4.87. The van der Waals surface area contributed by atoms with Crippen molar-refractivity contribution >= 4 is 27.3 Å². The largest absolute Gasteiger partial charge is 0.573 e. The topological polar surface area (TPSA) is 105 Å². The molecule has 2 amide bonds. The molecule has 0 radical (unpaired) electrons. The van der Waals surface area contributed by atoms with Crippen LogP contribution in [0, 0.1) is 11.8 Å². The lowest BCUT2D eigenvalue weighted by Crippen LogP contribution is -2.46. The highest BCUT2D eigenvalue weighted by Gasteiger charge is 2.32. The van der Waals surface area contributed by atoms with Crippen molar-refractivity contribution in [1.29, 1.82) is 0 Å². The number of nitrogens with one attached hydrogen (secondary N) is 2. The first-order valence-corrected chi connectivity index (χ1v) is 14.6. The number of carbonyl (C=O) groups excluding carboxylic acids is 2. The van der Waals surface area contributed by atoms with E-state index in [0.29, 0.717) is 24.6 Å². The number of rotatable bonds is 10. The number of hydrogen-bond acceptors (Lipinski definition) is 6. The Morgan fingerprint density at radius 1 is 1.08 bits per heavy atom. The van der Waals surface area contributed by atoms with Crippen molar-refractivity contribution in [2.24, 2.45) is 11.8 Å². The zero-order chi connectivity index (χ0) is 27.1. The fraction of sp³-hybridized carbons (Fsp3) is 0.680. The van der Waals surface area contributed by atoms with Gasteiger partial charge in [-0.2, -0.15) is 0 Å². The maximum atomic E-state index is 13.2. The van der Waals surface area contributed by atoms with Crippen LogP contribution >= 0.6 is 0 Å². The van der Waals surface area contributed by atoms with Crippen LogP contribution < -0.4 is 15.4 Å². The first-order valence-electron chi connectivity index (χ1n) is 12.8. The molecule has 0 aromatic heterocycles. The molecule has 2 N–H and O–H groups in total. The van der Waals surface area contributed by atoms with E-state index in [1.165, 1.54) is 30.7 Å². The molecule has 1 aliphatic heterocycles. The van der Waals surface area contributed by atoms with Crippen molar-refractivity contribution in [1.82, 2.24) is 10.2 Å². The summed E-state index contributed by atoms with van der Waals surface area (Å²) in [6.07, 6.45) is 1.38. The second-order valence-electron chi connectivity index (χ2n) is 10.0. The Labute approximate surface area is 216 Å². The van der Waals surface area contributed by atoms with Crippen LogP contribution in [-0.4, -0.2) is 68.7 Å². The molecule has 2 fully saturated rings. The van der Waals surface area contributed by atoms with Crippen LogP contribution in [0.4, 0.5) is 18.9 Å². The lowest BCUT2D eigenvalue weighted by molar-refractivity contribution is -0.274. The van der Waals surface area contributed by atoms with Crippen molar-refractivity contribution in [2.45, 2.75) is 64.3 Å². The zero-order valence-corrected chi connectivity index (χ0v) is 21.9. The fourth-order valence-corrected chi connectivity index (χ4v) is 6.07. The highest BCUT2D eigenvalue weighted by atomic mass is 32.2. The van der Waals surface area contributed by atoms with Crippen LogP contribution in [-0.2, 0) is 19.4 Å². The molecule has 1 aromatic carbocycles. The van der Waals surface area contributed by atoms with Gasteiger partial charge in [0.25, 0.3) is 0 Å². The van der Waals surface area contributed by atoms with Gasteiger partial charge in [-0.15, -0.1) is 13.2 Å². The molecule has 3 rings (SSSR count). The Hall–Kier alpha value is -2.50. The summed E-state index contributed by atoms with van der Waals surface area (Å²) in [6.45, 7) is 2.46. The van der Waals surface area contributed by atoms with Crippen LogP contribution in [0.15, 0.2) is 24.3 Å². The molecule has 1 saturated heterocycles. The summed E-state index contributed by atoms with van der Waals surface area (Å²) in [5.41, 5.74) is 0.574. The molecule has 1 aliphatic carbocycles. The number of benzene rings is 1. The quantitative estimate of drug-likeness (QED) is 0.463. The Kier molecular flexibility index (Phi) is 10.1. The lowest BCUT2D eigenvalue weighted by Gasteiger charge is -2.30. The molecule has 0 unspecified atom stereocenters. The third-order valence-electron chi connectivity index (χ3n) is 6.92. The zero-order valence-electron chi connectivity index (χ0n) is 21.1. The lowest BCUT2D eigenvalue weighted by atomic mass is 9.81. The van der Waals surface area contributed by atoms with Gasteiger partial charge in [-0.05, 0) is 43.5 Å². The van der Waals surface area contributed by atoms with E-state index in [2.05, 4.69) is 15.4 Å². The number of alkyl halides is 3. The molecule has 2 aliphatic rings. The second kappa shape index (κ2) is 12.8. The number of sulfone groups is 1. The predicted octanol–water partition coefficient (Wildman–Crippen LogP) is 3.74. The number of carbonyl (C=O) groups is 2. The van der Waals surface area contributed by atoms with E-state index in [1.807, 2.05) is 0 Å². The number of anilines is 1. The number of halogens is 3. The van der Waals surface area contributed by atoms with Crippen molar-refractivity contribution in [2.75, 3.05) is 36.5 Å². The van der Waals surface area contributed by atoms with E-state index in [1.54, 1.807) is 11.8 Å². The molecule has 0 bridgehead atoms. The SMILES string of the molecule is C[C@@H](CNc1ccc(OC(F)(F)F)cc1)NC(=O)[C@@H](CC(=O)N1CCS(=O)(=O)CC1)CC1CCCCC1. The van der Waals surface area contributed by atoms with Gasteiger partial charge >= 0.3 is 6.36 Å². The van der Waals surface area contributed by atoms with Crippen molar-refractivity contribution in [3.8, 4) is 5.75 Å². The normalized spacial score (nSPS) is 20.1. The summed E-state index contributed by atoms with van der Waals surface area (Å²) in [5, 5.41) is 6.04. The molecule has 1 heterocycles. The van der Waals surface area contributed by atoms with Gasteiger partial charge in [0, 0.05) is 43.7 Å². The van der Waals surface area contributed by atoms with Gasteiger partial charge in [-0.25, -0.2) is 8.42 Å². The summed E-state index contributed by atoms with van der Waals surface area (Å²) >= 11 is 0. The third-order valence-corrected chi connectivity index (χ3v) is 8.53. The van der Waals surface area contributed by atoms with E-state index in [4.69, 9.17) is 0 Å². The molecule has 1 saturated carbocycles. The summed E-state index contributed by atoms with van der Waals surface area (Å²) in [4.78, 5) is 27.7. The van der Waals surface area contributed by atoms with Crippen LogP contribution in [0.3, 0.4) is 0 Å². The third kappa shape index (κ3) is 10.1. The minimum Gasteiger partial charge on any atom is -0.406 e. The van der Waals surface area contributed by atoms with Crippen LogP contribution in [0.25, 0.3) is 0 Å². The average molecular weight is 548 g/mol. The smallest absolute Gasteiger partial charge is 0.406 e. The van der Waals surface area contributed by atoms with Crippen molar-refractivity contribution in [3.05, 3.63) is 24.3 Å². The van der Waals surface area contributed by atoms with E-state index < -0.39 is 22.1 Å². The average Bonchev–Trinajstić information content (AvgIpc) is 2.82. The Morgan fingerprint density at radius 3 is 2.30 bits per heavy atom. The van der Waals surface area contributed by atoms with Gasteiger partial charge in [0.05, 0.1) is 11.5 Å². The maximum absolute atomic E-state index is 13.2. The van der Waals surface area contributed by atoms with E-state index in [-0.39, 0.29) is 54.6 Å². The molecule has 0 spiro atoms. The molecular formula is C25H36F3N3O5S. The van der Waals surface area contributed by atoms with Gasteiger partial charge in [0.15, 0.2) is 9.84 Å². The molecule has 12 heteroatoms. The van der Waals surface area contributed by atoms with E-state index in [0.717, 1.165) is 25.7 Å². The van der Waals surface area contributed by atoms with Gasteiger partial charge in [0.2, 0.25) is 11.8 Å². The monoisotopic (exact) mass is 547 g/mol. The number of nitrogens with zero attached hydrogens (tertiary/aromatic N) is 1. The van der Waals surface area contributed by atoms with Gasteiger partial charge in [0.1, 0.15) is 5.75 Å². The maximum Gasteiger partial charge on any atom is 0.573 e. The van der Waals surface area contributed by atoms with Crippen LogP contribution in [0.2, 0.25) is 0 Å². The highest BCUT2D eigenvalue weighted by molar-refractivity contribution is 7.91.